The highest BCUT2D eigenvalue weighted by Crippen LogP contribution is 2.48. The number of esters is 1. The second-order valence-electron chi connectivity index (χ2n) is 11.8. The van der Waals surface area contributed by atoms with Crippen molar-refractivity contribution in [2.45, 2.75) is 51.7 Å². The molecule has 0 bridgehead atoms. The van der Waals surface area contributed by atoms with Crippen molar-refractivity contribution in [3.8, 4) is 17.7 Å². The predicted octanol–water partition coefficient (Wildman–Crippen LogP) is 5.48. The predicted molar refractivity (Wildman–Crippen MR) is 167 cm³/mol. The molecule has 10 nitrogen and oxygen atoms in total. The Morgan fingerprint density at radius 2 is 1.91 bits per heavy atom. The number of rotatable bonds is 13. The van der Waals surface area contributed by atoms with Gasteiger partial charge >= 0.3 is 5.97 Å². The summed E-state index contributed by atoms with van der Waals surface area (Å²) in [5.41, 5.74) is 2.95. The van der Waals surface area contributed by atoms with Crippen molar-refractivity contribution < 1.29 is 28.2 Å². The zero-order valence-electron chi connectivity index (χ0n) is 25.6. The van der Waals surface area contributed by atoms with E-state index in [1.54, 1.807) is 42.5 Å². The number of amides is 1. The maximum absolute atomic E-state index is 14.1. The number of benzene rings is 2. The molecule has 2 N–H and O–H groups in total. The van der Waals surface area contributed by atoms with E-state index in [0.29, 0.717) is 54.6 Å². The van der Waals surface area contributed by atoms with E-state index in [9.17, 15) is 14.0 Å². The molecule has 1 aromatic heterocycles. The molecule has 0 unspecified atom stereocenters. The van der Waals surface area contributed by atoms with Crippen LogP contribution in [0.2, 0.25) is 0 Å². The topological polar surface area (TPSA) is 126 Å². The zero-order chi connectivity index (χ0) is 31.8. The van der Waals surface area contributed by atoms with Crippen LogP contribution in [0.4, 0.5) is 15.8 Å². The Balaban J connectivity index is 1.11. The van der Waals surface area contributed by atoms with Gasteiger partial charge in [-0.05, 0) is 74.6 Å². The van der Waals surface area contributed by atoms with Gasteiger partial charge in [-0.25, -0.2) is 14.2 Å². The van der Waals surface area contributed by atoms with Crippen LogP contribution in [0.15, 0.2) is 54.6 Å². The van der Waals surface area contributed by atoms with Crippen LogP contribution in [0.5, 0.6) is 11.6 Å². The Labute approximate surface area is 262 Å². The van der Waals surface area contributed by atoms with Gasteiger partial charge in [-0.3, -0.25) is 9.69 Å². The van der Waals surface area contributed by atoms with E-state index >= 15 is 0 Å². The van der Waals surface area contributed by atoms with Crippen molar-refractivity contribution in [3.63, 3.8) is 0 Å². The lowest BCUT2D eigenvalue weighted by Gasteiger charge is -2.31. The molecule has 1 aliphatic carbocycles. The van der Waals surface area contributed by atoms with Crippen LogP contribution in [0, 0.1) is 29.5 Å². The number of hydrogen-bond donors (Lipinski definition) is 2. The summed E-state index contributed by atoms with van der Waals surface area (Å²) in [7, 11) is 1.32. The van der Waals surface area contributed by atoms with Crippen LogP contribution in [-0.2, 0) is 16.1 Å². The Morgan fingerprint density at radius 3 is 2.62 bits per heavy atom. The number of aryl methyl sites for hydroxylation is 1. The average molecular weight is 616 g/mol. The summed E-state index contributed by atoms with van der Waals surface area (Å²) in [6, 6.07) is 17.5. The fraction of sp³-hybridized carbons (Fsp3) is 0.412. The number of methoxy groups -OCH3 is 1. The first-order valence-electron chi connectivity index (χ1n) is 15.1. The molecule has 3 aromatic rings. The maximum atomic E-state index is 14.1. The molecular formula is C34H38FN5O5. The van der Waals surface area contributed by atoms with E-state index in [0.717, 1.165) is 31.2 Å². The summed E-state index contributed by atoms with van der Waals surface area (Å²) in [4.78, 5) is 31.8. The van der Waals surface area contributed by atoms with Crippen LogP contribution in [0.25, 0.3) is 0 Å². The SMILES string of the molecule is COC(=O)c1ccc(NC(=O)CN2CCC(Oc3cccc(COc4ccc(C)cc4F)n3)CC2)c(NCC2(CC#N)CC2)c1. The van der Waals surface area contributed by atoms with Crippen molar-refractivity contribution in [2.24, 2.45) is 5.41 Å². The number of halogens is 1. The summed E-state index contributed by atoms with van der Waals surface area (Å²) < 4.78 is 30.7. The van der Waals surface area contributed by atoms with Gasteiger partial charge in [0, 0.05) is 37.5 Å². The molecule has 2 aliphatic rings. The lowest BCUT2D eigenvalue weighted by Crippen LogP contribution is -2.42. The lowest BCUT2D eigenvalue weighted by atomic mass is 10.0. The molecule has 1 aliphatic heterocycles. The number of anilines is 2. The van der Waals surface area contributed by atoms with Crippen LogP contribution < -0.4 is 20.1 Å². The van der Waals surface area contributed by atoms with Crippen LogP contribution in [-0.4, -0.2) is 61.2 Å². The molecular weight excluding hydrogens is 577 g/mol. The fourth-order valence-electron chi connectivity index (χ4n) is 5.31. The summed E-state index contributed by atoms with van der Waals surface area (Å²) in [5, 5.41) is 15.5. The standard InChI is InChI=1S/C34H38FN5O5/c1-23-6-9-30(27(35)18-23)44-21-25-4-3-5-32(38-25)45-26-10-16-40(17-11-26)20-31(41)39-28-8-7-24(33(42)43-2)19-29(28)37-22-34(12-13-34)14-15-36/h3-9,18-19,26,37H,10-14,16-17,20-22H2,1-2H3,(H,39,41). The number of nitriles is 1. The molecule has 0 spiro atoms. The number of likely N-dealkylation sites (tertiary alicyclic amines) is 1. The Morgan fingerprint density at radius 1 is 1.11 bits per heavy atom. The van der Waals surface area contributed by atoms with E-state index in [1.807, 2.05) is 13.0 Å². The van der Waals surface area contributed by atoms with Gasteiger partial charge in [0.05, 0.1) is 42.4 Å². The highest BCUT2D eigenvalue weighted by Gasteiger charge is 2.42. The number of carbonyl (C=O) groups is 2. The van der Waals surface area contributed by atoms with Gasteiger partial charge in [0.1, 0.15) is 12.7 Å². The lowest BCUT2D eigenvalue weighted by molar-refractivity contribution is -0.117. The summed E-state index contributed by atoms with van der Waals surface area (Å²) in [5.74, 6) is -0.379. The second-order valence-corrected chi connectivity index (χ2v) is 11.8. The minimum atomic E-state index is -0.466. The van der Waals surface area contributed by atoms with Gasteiger partial charge in [0.15, 0.2) is 11.6 Å². The number of carbonyl (C=O) groups excluding carboxylic acids is 2. The highest BCUT2D eigenvalue weighted by molar-refractivity contribution is 5.98. The van der Waals surface area contributed by atoms with Crippen molar-refractivity contribution in [3.05, 3.63) is 77.2 Å². The third-order valence-electron chi connectivity index (χ3n) is 8.21. The van der Waals surface area contributed by atoms with E-state index in [2.05, 4.69) is 26.6 Å². The molecule has 1 amide bonds. The van der Waals surface area contributed by atoms with Crippen LogP contribution in [0.3, 0.4) is 0 Å². The van der Waals surface area contributed by atoms with Crippen molar-refractivity contribution in [1.29, 1.82) is 5.26 Å². The van der Waals surface area contributed by atoms with E-state index in [1.165, 1.54) is 13.2 Å². The number of ether oxygens (including phenoxy) is 3. The average Bonchev–Trinajstić information content (AvgIpc) is 3.80. The van der Waals surface area contributed by atoms with Gasteiger partial charge in [0.2, 0.25) is 11.8 Å². The Hall–Kier alpha value is -4.69. The third kappa shape index (κ3) is 8.70. The molecule has 1 saturated carbocycles. The molecule has 236 valence electrons. The summed E-state index contributed by atoms with van der Waals surface area (Å²) >= 11 is 0. The van der Waals surface area contributed by atoms with Gasteiger partial charge in [-0.15, -0.1) is 0 Å². The van der Waals surface area contributed by atoms with Crippen molar-refractivity contribution in [2.75, 3.05) is 43.9 Å². The van der Waals surface area contributed by atoms with E-state index in [4.69, 9.17) is 19.5 Å². The molecule has 45 heavy (non-hydrogen) atoms. The van der Waals surface area contributed by atoms with Gasteiger partial charge in [-0.1, -0.05) is 12.1 Å². The first kappa shape index (κ1) is 31.7. The van der Waals surface area contributed by atoms with Gasteiger partial charge in [-0.2, -0.15) is 5.26 Å². The van der Waals surface area contributed by atoms with Crippen LogP contribution in [0.1, 0.15) is 53.7 Å². The maximum Gasteiger partial charge on any atom is 0.337 e. The normalized spacial score (nSPS) is 15.9. The number of aromatic nitrogens is 1. The molecule has 0 radical (unpaired) electrons. The number of piperidine rings is 1. The van der Waals surface area contributed by atoms with Gasteiger partial charge < -0.3 is 24.8 Å². The van der Waals surface area contributed by atoms with E-state index < -0.39 is 11.8 Å². The number of nitrogens with one attached hydrogen (secondary N) is 2. The van der Waals surface area contributed by atoms with Gasteiger partial charge in [0.25, 0.3) is 0 Å². The monoisotopic (exact) mass is 615 g/mol. The number of hydrogen-bond acceptors (Lipinski definition) is 9. The molecule has 5 rings (SSSR count). The smallest absolute Gasteiger partial charge is 0.337 e. The quantitative estimate of drug-likeness (QED) is 0.240. The number of pyridine rings is 1. The molecule has 2 aromatic carbocycles. The third-order valence-corrected chi connectivity index (χ3v) is 8.21. The summed E-state index contributed by atoms with van der Waals surface area (Å²) in [6.45, 7) is 4.09. The molecule has 1 saturated heterocycles. The Kier molecular flexibility index (Phi) is 10.1. The fourth-order valence-corrected chi connectivity index (χ4v) is 5.31. The minimum Gasteiger partial charge on any atom is -0.484 e. The molecule has 11 heteroatoms. The highest BCUT2D eigenvalue weighted by atomic mass is 19.1. The minimum absolute atomic E-state index is 0.0488. The zero-order valence-corrected chi connectivity index (χ0v) is 25.6. The Bertz CT molecular complexity index is 1560. The second kappa shape index (κ2) is 14.4. The number of nitrogens with zero attached hydrogens (tertiary/aromatic N) is 3. The van der Waals surface area contributed by atoms with Crippen LogP contribution >= 0.6 is 0 Å². The van der Waals surface area contributed by atoms with Crippen molar-refractivity contribution >= 4 is 23.3 Å². The largest absolute Gasteiger partial charge is 0.484 e. The molecule has 0 atom stereocenters. The first-order valence-corrected chi connectivity index (χ1v) is 15.1. The summed E-state index contributed by atoms with van der Waals surface area (Å²) in [6.07, 6.45) is 3.81. The first-order chi connectivity index (χ1) is 21.8. The van der Waals surface area contributed by atoms with Crippen molar-refractivity contribution in [1.82, 2.24) is 9.88 Å². The molecule has 2 heterocycles. The molecule has 2 fully saturated rings. The van der Waals surface area contributed by atoms with E-state index in [-0.39, 0.29) is 36.3 Å².